The summed E-state index contributed by atoms with van der Waals surface area (Å²) in [5.74, 6) is -0.612. The van der Waals surface area contributed by atoms with Crippen LogP contribution in [-0.2, 0) is 15.7 Å². The Labute approximate surface area is 294 Å². The number of likely N-dealkylation sites (tertiary alicyclic amines) is 1. The molecule has 4 heterocycles. The summed E-state index contributed by atoms with van der Waals surface area (Å²) in [7, 11) is 6.03. The van der Waals surface area contributed by atoms with E-state index < -0.39 is 41.8 Å². The fourth-order valence-electron chi connectivity index (χ4n) is 6.17. The lowest BCUT2D eigenvalue weighted by molar-refractivity contribution is -0.141. The Bertz CT molecular complexity index is 2160. The van der Waals surface area contributed by atoms with E-state index in [9.17, 15) is 32.7 Å². The smallest absolute Gasteiger partial charge is 0.416 e. The van der Waals surface area contributed by atoms with E-state index in [0.717, 1.165) is 23.2 Å². The number of aliphatic carboxylic acids is 1. The number of fused-ring (bicyclic) bond motifs is 1. The number of carboxylic acids is 1. The molecule has 2 N–H and O–H groups in total. The third-order valence-electron chi connectivity index (χ3n) is 8.73. The van der Waals surface area contributed by atoms with Crippen molar-refractivity contribution < 1.29 is 46.9 Å². The van der Waals surface area contributed by atoms with Crippen molar-refractivity contribution >= 4 is 46.2 Å². The van der Waals surface area contributed by atoms with Crippen LogP contribution in [0.4, 0.5) is 35.3 Å². The van der Waals surface area contributed by atoms with Gasteiger partial charge in [-0.25, -0.2) is 19.6 Å². The lowest BCUT2D eigenvalue weighted by Crippen LogP contribution is -2.40. The van der Waals surface area contributed by atoms with Gasteiger partial charge in [-0.3, -0.25) is 14.4 Å². The average molecular weight is 720 g/mol. The summed E-state index contributed by atoms with van der Waals surface area (Å²) in [6.07, 6.45) is -2.80. The van der Waals surface area contributed by atoms with Crippen LogP contribution < -0.4 is 19.7 Å². The fraction of sp³-hybridized carbons (Fsp3) is 0.257. The Morgan fingerprint density at radius 2 is 1.69 bits per heavy atom. The number of anilines is 3. The standard InChI is InChI=1S/C35H32F3N7O7/c1-43(24-10-9-23(50-2)17-27(24)51-3)31-29-25(12-14-40-31)45(22-16-26(33(47)48)44(18-22)34(49)52-4)42-30(29)19-5-7-20(8-6-19)32(46)41-28-15-21(11-13-39-28)35(36,37)38/h5-15,17,22,26H,16,18H2,1-4H3,(H,47,48)(H,39,41,46)/t22-,26+/m0/s1. The predicted octanol–water partition coefficient (Wildman–Crippen LogP) is 6.02. The van der Waals surface area contributed by atoms with E-state index in [4.69, 9.17) is 24.3 Å². The molecule has 270 valence electrons. The third kappa shape index (κ3) is 6.71. The van der Waals surface area contributed by atoms with E-state index in [2.05, 4.69) is 10.3 Å². The Balaban J connectivity index is 1.43. The van der Waals surface area contributed by atoms with Gasteiger partial charge in [0.05, 0.1) is 49.5 Å². The largest absolute Gasteiger partial charge is 0.497 e. The van der Waals surface area contributed by atoms with Crippen LogP contribution in [0.25, 0.3) is 22.2 Å². The van der Waals surface area contributed by atoms with Crippen LogP contribution in [0.3, 0.4) is 0 Å². The zero-order valence-electron chi connectivity index (χ0n) is 28.2. The molecule has 1 saturated heterocycles. The predicted molar refractivity (Wildman–Crippen MR) is 182 cm³/mol. The van der Waals surface area contributed by atoms with Gasteiger partial charge >= 0.3 is 18.2 Å². The van der Waals surface area contributed by atoms with Gasteiger partial charge in [0.15, 0.2) is 0 Å². The van der Waals surface area contributed by atoms with Crippen molar-refractivity contribution in [2.45, 2.75) is 24.7 Å². The molecule has 3 aromatic heterocycles. The molecular formula is C35H32F3N7O7. The Morgan fingerprint density at radius 1 is 0.962 bits per heavy atom. The number of hydrogen-bond donors (Lipinski definition) is 2. The number of carbonyl (C=O) groups is 3. The Hall–Kier alpha value is -6.39. The van der Waals surface area contributed by atoms with Gasteiger partial charge in [-0.1, -0.05) is 12.1 Å². The minimum absolute atomic E-state index is 0.00232. The molecule has 0 unspecified atom stereocenters. The van der Waals surface area contributed by atoms with Crippen molar-refractivity contribution in [3.8, 4) is 22.8 Å². The Morgan fingerprint density at radius 3 is 2.35 bits per heavy atom. The molecule has 2 aromatic carbocycles. The SMILES string of the molecule is COC(=O)N1C[C@@H](n2nc(-c3ccc(C(=O)Nc4cc(C(F)(F)F)ccn4)cc3)c3c(N(C)c4ccc(OC)cc4OC)nccc32)C[C@@H]1C(=O)O. The summed E-state index contributed by atoms with van der Waals surface area (Å²) in [4.78, 5) is 49.2. The van der Waals surface area contributed by atoms with Crippen LogP contribution in [0.2, 0.25) is 0 Å². The quantitative estimate of drug-likeness (QED) is 0.183. The number of carboxylic acid groups (broad SMARTS) is 1. The topological polar surface area (TPSA) is 161 Å². The highest BCUT2D eigenvalue weighted by molar-refractivity contribution is 6.05. The third-order valence-corrected chi connectivity index (χ3v) is 8.73. The number of nitrogens with zero attached hydrogens (tertiary/aromatic N) is 6. The van der Waals surface area contributed by atoms with Crippen LogP contribution in [-0.4, -0.2) is 88.7 Å². The molecule has 5 aromatic rings. The van der Waals surface area contributed by atoms with Gasteiger partial charge in [-0.05, 0) is 42.5 Å². The number of halogens is 3. The molecule has 14 nitrogen and oxygen atoms in total. The number of hydrogen-bond acceptors (Lipinski definition) is 10. The highest BCUT2D eigenvalue weighted by Gasteiger charge is 2.42. The molecule has 1 aliphatic rings. The lowest BCUT2D eigenvalue weighted by atomic mass is 10.1. The first-order valence-electron chi connectivity index (χ1n) is 15.7. The molecule has 0 aliphatic carbocycles. The van der Waals surface area contributed by atoms with Crippen molar-refractivity contribution in [3.05, 3.63) is 84.2 Å². The number of nitrogens with one attached hydrogen (secondary N) is 1. The van der Waals surface area contributed by atoms with Gasteiger partial charge in [0.2, 0.25) is 0 Å². The summed E-state index contributed by atoms with van der Waals surface area (Å²) < 4.78 is 57.1. The first-order chi connectivity index (χ1) is 24.8. The molecule has 0 bridgehead atoms. The second-order valence-corrected chi connectivity index (χ2v) is 11.7. The Kier molecular flexibility index (Phi) is 9.60. The zero-order chi connectivity index (χ0) is 37.3. The number of rotatable bonds is 9. The summed E-state index contributed by atoms with van der Waals surface area (Å²) in [6.45, 7) is 0.00232. The zero-order valence-corrected chi connectivity index (χ0v) is 28.2. The van der Waals surface area contributed by atoms with Gasteiger partial charge in [0.25, 0.3) is 5.91 Å². The number of aromatic nitrogens is 4. The van der Waals surface area contributed by atoms with E-state index in [1.54, 1.807) is 59.2 Å². The number of benzene rings is 2. The first kappa shape index (κ1) is 35.4. The highest BCUT2D eigenvalue weighted by atomic mass is 19.4. The van der Waals surface area contributed by atoms with Gasteiger partial charge in [0, 0.05) is 49.6 Å². The number of ether oxygens (including phenoxy) is 3. The summed E-state index contributed by atoms with van der Waals surface area (Å²) in [5.41, 5.74) is 1.37. The molecule has 2 amide bonds. The molecule has 1 fully saturated rings. The van der Waals surface area contributed by atoms with Gasteiger partial charge < -0.3 is 29.5 Å². The van der Waals surface area contributed by atoms with E-state index in [1.165, 1.54) is 33.5 Å². The van der Waals surface area contributed by atoms with Gasteiger partial charge in [-0.2, -0.15) is 18.3 Å². The van der Waals surface area contributed by atoms with Crippen LogP contribution in [0.15, 0.2) is 73.1 Å². The summed E-state index contributed by atoms with van der Waals surface area (Å²) in [5, 5.41) is 17.8. The summed E-state index contributed by atoms with van der Waals surface area (Å²) >= 11 is 0. The number of carbonyl (C=O) groups excluding carboxylic acids is 2. The van der Waals surface area contributed by atoms with E-state index in [-0.39, 0.29) is 24.3 Å². The minimum atomic E-state index is -4.61. The van der Waals surface area contributed by atoms with Crippen LogP contribution >= 0.6 is 0 Å². The molecule has 17 heteroatoms. The maximum atomic E-state index is 13.2. The highest BCUT2D eigenvalue weighted by Crippen LogP contribution is 2.42. The van der Waals surface area contributed by atoms with Crippen molar-refractivity contribution in [1.29, 1.82) is 0 Å². The first-order valence-corrected chi connectivity index (χ1v) is 15.7. The fourth-order valence-corrected chi connectivity index (χ4v) is 6.17. The molecule has 2 atom stereocenters. The molecule has 0 spiro atoms. The van der Waals surface area contributed by atoms with E-state index >= 15 is 0 Å². The second-order valence-electron chi connectivity index (χ2n) is 11.7. The summed E-state index contributed by atoms with van der Waals surface area (Å²) in [6, 6.07) is 13.1. The molecule has 0 saturated carbocycles. The monoisotopic (exact) mass is 719 g/mol. The van der Waals surface area contributed by atoms with E-state index in [0.29, 0.717) is 45.2 Å². The molecule has 0 radical (unpaired) electrons. The van der Waals surface area contributed by atoms with Crippen molar-refractivity contribution in [2.75, 3.05) is 45.1 Å². The number of pyridine rings is 2. The second kappa shape index (κ2) is 14.1. The van der Waals surface area contributed by atoms with Crippen LogP contribution in [0.5, 0.6) is 11.5 Å². The number of methoxy groups -OCH3 is 3. The molecule has 52 heavy (non-hydrogen) atoms. The average Bonchev–Trinajstić information content (AvgIpc) is 3.77. The molecule has 1 aliphatic heterocycles. The van der Waals surface area contributed by atoms with Crippen molar-refractivity contribution in [3.63, 3.8) is 0 Å². The normalized spacial score (nSPS) is 15.7. The van der Waals surface area contributed by atoms with Gasteiger partial charge in [0.1, 0.15) is 34.9 Å². The maximum absolute atomic E-state index is 13.2. The van der Waals surface area contributed by atoms with E-state index in [1.807, 2.05) is 0 Å². The van der Waals surface area contributed by atoms with Crippen molar-refractivity contribution in [1.82, 2.24) is 24.6 Å². The lowest BCUT2D eigenvalue weighted by Gasteiger charge is -2.22. The maximum Gasteiger partial charge on any atom is 0.416 e. The van der Waals surface area contributed by atoms with Gasteiger partial charge in [-0.15, -0.1) is 0 Å². The molecular weight excluding hydrogens is 687 g/mol. The molecule has 6 rings (SSSR count). The van der Waals surface area contributed by atoms with Crippen LogP contribution in [0.1, 0.15) is 28.4 Å². The number of amides is 2. The van der Waals surface area contributed by atoms with Crippen molar-refractivity contribution in [2.24, 2.45) is 0 Å². The van der Waals surface area contributed by atoms with Crippen LogP contribution in [0, 0.1) is 0 Å². The minimum Gasteiger partial charge on any atom is -0.497 e. The number of alkyl halides is 3.